The zero-order chi connectivity index (χ0) is 31.0. The second kappa shape index (κ2) is 12.7. The van der Waals surface area contributed by atoms with E-state index < -0.39 is 0 Å². The summed E-state index contributed by atoms with van der Waals surface area (Å²) in [5.41, 5.74) is 17.6. The van der Waals surface area contributed by atoms with Gasteiger partial charge in [-0.25, -0.2) is 15.0 Å². The van der Waals surface area contributed by atoms with Crippen LogP contribution in [0.5, 0.6) is 0 Å². The number of H-pyrrole nitrogens is 1. The van der Waals surface area contributed by atoms with Crippen molar-refractivity contribution in [3.8, 4) is 0 Å². The van der Waals surface area contributed by atoms with Crippen molar-refractivity contribution in [1.29, 1.82) is 0 Å². The van der Waals surface area contributed by atoms with Gasteiger partial charge in [-0.05, 0) is 108 Å². The van der Waals surface area contributed by atoms with Crippen LogP contribution in [0.25, 0.3) is 12.2 Å². The van der Waals surface area contributed by atoms with E-state index in [1.807, 2.05) is 0 Å². The minimum absolute atomic E-state index is 0.583. The fraction of sp³-hybridized carbons (Fsp3) is 0.432. The fourth-order valence-corrected chi connectivity index (χ4v) is 7.61. The standard InChI is InChI=1S/C37H45ClN4O/c1-9-20-21(10-2)30-18-32-23(12-4)25(14-6)36(41-32)33(38)37-27(16-8)26(15-7)35(42-37)28(19-43)34-24(13-5)22(11-3)31(40-34)17-29(20)39-30/h17-19,39,43H,9-16H2,1-8H3/b28-19-,31-17?,32-18?,37-33?. The summed E-state index contributed by atoms with van der Waals surface area (Å²) < 4.78 is 0. The molecule has 1 aromatic rings. The number of aliphatic hydroxyl groups is 1. The maximum Gasteiger partial charge on any atom is 0.0925 e. The van der Waals surface area contributed by atoms with Crippen LogP contribution in [0.2, 0.25) is 0 Å². The van der Waals surface area contributed by atoms with Gasteiger partial charge in [0.2, 0.25) is 0 Å². The van der Waals surface area contributed by atoms with Crippen LogP contribution in [0.15, 0.2) is 82.4 Å². The van der Waals surface area contributed by atoms with Crippen molar-refractivity contribution < 1.29 is 5.11 Å². The molecule has 0 aliphatic carbocycles. The van der Waals surface area contributed by atoms with E-state index in [2.05, 4.69) is 72.5 Å². The van der Waals surface area contributed by atoms with Crippen molar-refractivity contribution in [3.63, 3.8) is 0 Å². The highest BCUT2D eigenvalue weighted by Crippen LogP contribution is 2.43. The third-order valence-corrected chi connectivity index (χ3v) is 9.63. The van der Waals surface area contributed by atoms with Gasteiger partial charge in [-0.1, -0.05) is 67.0 Å². The predicted octanol–water partition coefficient (Wildman–Crippen LogP) is 10.4. The summed E-state index contributed by atoms with van der Waals surface area (Å²) in [5, 5.41) is 11.4. The molecule has 6 heteroatoms. The number of allylic oxidation sites excluding steroid dienone is 8. The van der Waals surface area contributed by atoms with E-state index in [0.717, 1.165) is 114 Å². The minimum Gasteiger partial charge on any atom is -0.515 e. The van der Waals surface area contributed by atoms with E-state index in [4.69, 9.17) is 26.6 Å². The molecule has 0 saturated carbocycles. The molecular weight excluding hydrogens is 552 g/mol. The van der Waals surface area contributed by atoms with Crippen LogP contribution in [0.1, 0.15) is 116 Å². The van der Waals surface area contributed by atoms with Crippen molar-refractivity contribution in [1.82, 2.24) is 4.98 Å². The van der Waals surface area contributed by atoms with Crippen LogP contribution in [0.4, 0.5) is 0 Å². The first-order chi connectivity index (χ1) is 20.8. The molecule has 0 aromatic carbocycles. The first-order valence-electron chi connectivity index (χ1n) is 16.2. The Morgan fingerprint density at radius 2 is 1.00 bits per heavy atom. The number of aliphatic imine (C=N–C) groups is 3. The maximum atomic E-state index is 10.8. The summed E-state index contributed by atoms with van der Waals surface area (Å²) in [4.78, 5) is 19.4. The number of hydrogen-bond donors (Lipinski definition) is 2. The normalized spacial score (nSPS) is 19.6. The fourth-order valence-electron chi connectivity index (χ4n) is 7.29. The molecule has 0 unspecified atom stereocenters. The highest BCUT2D eigenvalue weighted by Gasteiger charge is 2.35. The van der Waals surface area contributed by atoms with Gasteiger partial charge in [0.05, 0.1) is 51.1 Å². The summed E-state index contributed by atoms with van der Waals surface area (Å²) >= 11 is 7.35. The van der Waals surface area contributed by atoms with Gasteiger partial charge in [-0.2, -0.15) is 0 Å². The van der Waals surface area contributed by atoms with Crippen molar-refractivity contribution in [2.45, 2.75) is 107 Å². The van der Waals surface area contributed by atoms with E-state index in [1.165, 1.54) is 34.1 Å². The smallest absolute Gasteiger partial charge is 0.0925 e. The number of aromatic amines is 1. The number of halogens is 1. The third-order valence-electron chi connectivity index (χ3n) is 9.27. The van der Waals surface area contributed by atoms with Crippen molar-refractivity contribution >= 4 is 40.9 Å². The summed E-state index contributed by atoms with van der Waals surface area (Å²) in [6, 6.07) is 0. The first-order valence-corrected chi connectivity index (χ1v) is 16.6. The Morgan fingerprint density at radius 1 is 0.581 bits per heavy atom. The molecule has 4 aliphatic heterocycles. The molecule has 226 valence electrons. The average molecular weight is 597 g/mol. The monoisotopic (exact) mass is 596 g/mol. The summed E-state index contributed by atoms with van der Waals surface area (Å²) in [6.45, 7) is 17.5. The Balaban J connectivity index is 1.94. The summed E-state index contributed by atoms with van der Waals surface area (Å²) in [6.07, 6.45) is 12.4. The summed E-state index contributed by atoms with van der Waals surface area (Å²) in [5.74, 6) is 0. The van der Waals surface area contributed by atoms with Gasteiger partial charge in [0.15, 0.2) is 0 Å². The second-order valence-corrected chi connectivity index (χ2v) is 11.6. The van der Waals surface area contributed by atoms with Crippen molar-refractivity contribution in [2.24, 2.45) is 15.0 Å². The Morgan fingerprint density at radius 3 is 1.44 bits per heavy atom. The molecular formula is C37H45ClN4O. The molecule has 2 N–H and O–H groups in total. The van der Waals surface area contributed by atoms with Gasteiger partial charge in [-0.3, -0.25) is 0 Å². The zero-order valence-corrected chi connectivity index (χ0v) is 27.8. The molecule has 4 aliphatic rings. The van der Waals surface area contributed by atoms with Gasteiger partial charge < -0.3 is 10.1 Å². The van der Waals surface area contributed by atoms with Crippen LogP contribution in [0.3, 0.4) is 0 Å². The molecule has 43 heavy (non-hydrogen) atoms. The average Bonchev–Trinajstić information content (AvgIpc) is 3.76. The summed E-state index contributed by atoms with van der Waals surface area (Å²) in [7, 11) is 0. The molecule has 0 atom stereocenters. The van der Waals surface area contributed by atoms with E-state index in [0.29, 0.717) is 10.6 Å². The second-order valence-electron chi connectivity index (χ2n) is 11.3. The maximum absolute atomic E-state index is 10.8. The molecule has 8 bridgehead atoms. The van der Waals surface area contributed by atoms with Gasteiger partial charge in [0, 0.05) is 11.4 Å². The van der Waals surface area contributed by atoms with Crippen LogP contribution in [-0.4, -0.2) is 27.2 Å². The number of nitrogens with zero attached hydrogens (tertiary/aromatic N) is 3. The van der Waals surface area contributed by atoms with E-state index in [1.54, 1.807) is 0 Å². The Labute approximate surface area is 262 Å². The van der Waals surface area contributed by atoms with Crippen LogP contribution < -0.4 is 0 Å². The zero-order valence-electron chi connectivity index (χ0n) is 27.1. The molecule has 5 nitrogen and oxygen atoms in total. The number of aliphatic hydroxyl groups excluding tert-OH is 1. The van der Waals surface area contributed by atoms with Gasteiger partial charge in [0.1, 0.15) is 0 Å². The lowest BCUT2D eigenvalue weighted by Crippen LogP contribution is -2.15. The molecule has 0 radical (unpaired) electrons. The highest BCUT2D eigenvalue weighted by atomic mass is 35.5. The quantitative estimate of drug-likeness (QED) is 0.288. The van der Waals surface area contributed by atoms with Crippen molar-refractivity contribution in [3.05, 3.63) is 89.9 Å². The highest BCUT2D eigenvalue weighted by molar-refractivity contribution is 6.48. The van der Waals surface area contributed by atoms with Gasteiger partial charge in [0.25, 0.3) is 0 Å². The molecule has 0 spiro atoms. The third kappa shape index (κ3) is 4.90. The Bertz CT molecular complexity index is 1690. The first kappa shape index (κ1) is 31.0. The number of rotatable bonds is 8. The molecule has 0 fully saturated rings. The molecule has 5 heterocycles. The molecule has 5 rings (SSSR count). The number of hydrogen-bond acceptors (Lipinski definition) is 4. The lowest BCUT2D eigenvalue weighted by molar-refractivity contribution is 0.472. The van der Waals surface area contributed by atoms with Gasteiger partial charge >= 0.3 is 0 Å². The lowest BCUT2D eigenvalue weighted by atomic mass is 9.89. The van der Waals surface area contributed by atoms with E-state index >= 15 is 0 Å². The topological polar surface area (TPSA) is 73.1 Å². The largest absolute Gasteiger partial charge is 0.515 e. The number of nitrogens with one attached hydrogen (secondary N) is 1. The van der Waals surface area contributed by atoms with Crippen LogP contribution >= 0.6 is 11.6 Å². The number of fused-ring (bicyclic) bond motifs is 5. The Hall–Kier alpha value is -3.44. The number of aromatic nitrogens is 1. The Kier molecular flexibility index (Phi) is 9.12. The van der Waals surface area contributed by atoms with Crippen LogP contribution in [0, 0.1) is 0 Å². The molecule has 1 aromatic heterocycles. The van der Waals surface area contributed by atoms with E-state index in [-0.39, 0.29) is 0 Å². The van der Waals surface area contributed by atoms with Crippen molar-refractivity contribution in [2.75, 3.05) is 0 Å². The predicted molar refractivity (Wildman–Crippen MR) is 184 cm³/mol. The van der Waals surface area contributed by atoms with Gasteiger partial charge in [-0.15, -0.1) is 0 Å². The molecule has 0 saturated heterocycles. The lowest BCUT2D eigenvalue weighted by Gasteiger charge is -2.12. The van der Waals surface area contributed by atoms with E-state index in [9.17, 15) is 5.11 Å². The SMILES string of the molecule is CCC1=C(CC)C2=NC1=Cc1[nH]c(c(CC)c1CC)C=C1N=C(C(CC)=C1CC)/C(=C/O)C1=NC(=C2Cl)C(CC)=C1CC. The molecule has 0 amide bonds. The minimum atomic E-state index is 0.583. The van der Waals surface area contributed by atoms with Crippen LogP contribution in [-0.2, 0) is 12.8 Å².